The highest BCUT2D eigenvalue weighted by molar-refractivity contribution is 5.92. The molecule has 154 valence electrons. The molecule has 3 aromatic rings. The lowest BCUT2D eigenvalue weighted by molar-refractivity contribution is -0.120. The number of rotatable bonds is 5. The molecule has 0 aliphatic carbocycles. The Balaban J connectivity index is 1.31. The van der Waals surface area contributed by atoms with Gasteiger partial charge < -0.3 is 10.2 Å². The topological polar surface area (TPSA) is 71.0 Å². The van der Waals surface area contributed by atoms with Gasteiger partial charge in [-0.05, 0) is 60.7 Å². The van der Waals surface area contributed by atoms with Gasteiger partial charge in [-0.1, -0.05) is 26.0 Å². The van der Waals surface area contributed by atoms with Crippen LogP contribution in [-0.4, -0.2) is 34.2 Å². The van der Waals surface area contributed by atoms with E-state index in [1.807, 2.05) is 36.4 Å². The van der Waals surface area contributed by atoms with Gasteiger partial charge in [-0.2, -0.15) is 0 Å². The SMILES string of the molecule is CC(C)c1ccc(NC(=O)C2CCN(c3ccc(-c4cccnc4)nn3)CC2)cc1. The molecule has 4 rings (SSSR count). The Labute approximate surface area is 177 Å². The van der Waals surface area contributed by atoms with E-state index in [2.05, 4.69) is 51.4 Å². The van der Waals surface area contributed by atoms with Gasteiger partial charge in [0.2, 0.25) is 5.91 Å². The zero-order valence-electron chi connectivity index (χ0n) is 17.5. The van der Waals surface area contributed by atoms with Crippen LogP contribution in [0.1, 0.15) is 38.2 Å². The summed E-state index contributed by atoms with van der Waals surface area (Å²) in [5.74, 6) is 1.46. The van der Waals surface area contributed by atoms with E-state index in [1.54, 1.807) is 12.4 Å². The number of amides is 1. The minimum atomic E-state index is 0.0219. The second kappa shape index (κ2) is 9.03. The molecule has 2 aromatic heterocycles. The van der Waals surface area contributed by atoms with Gasteiger partial charge in [-0.25, -0.2) is 0 Å². The molecular formula is C24H27N5O. The molecular weight excluding hydrogens is 374 g/mol. The standard InChI is InChI=1S/C24H27N5O/c1-17(2)18-5-7-21(8-6-18)26-24(30)19-11-14-29(15-12-19)23-10-9-22(27-28-23)20-4-3-13-25-16-20/h3-10,13,16-17,19H,11-12,14-15H2,1-2H3,(H,26,30). The maximum Gasteiger partial charge on any atom is 0.227 e. The highest BCUT2D eigenvalue weighted by Gasteiger charge is 2.26. The molecule has 30 heavy (non-hydrogen) atoms. The van der Waals surface area contributed by atoms with Crippen LogP contribution in [0.3, 0.4) is 0 Å². The van der Waals surface area contributed by atoms with E-state index < -0.39 is 0 Å². The van der Waals surface area contributed by atoms with Crippen molar-refractivity contribution < 1.29 is 4.79 Å². The molecule has 3 heterocycles. The maximum atomic E-state index is 12.7. The first kappa shape index (κ1) is 20.0. The Morgan fingerprint density at radius 1 is 1.03 bits per heavy atom. The van der Waals surface area contributed by atoms with Gasteiger partial charge in [0.05, 0.1) is 5.69 Å². The molecule has 1 N–H and O–H groups in total. The molecule has 1 amide bonds. The third-order valence-electron chi connectivity index (χ3n) is 5.64. The first-order valence-corrected chi connectivity index (χ1v) is 10.5. The smallest absolute Gasteiger partial charge is 0.227 e. The number of carbonyl (C=O) groups is 1. The molecule has 0 unspecified atom stereocenters. The molecule has 1 fully saturated rings. The van der Waals surface area contributed by atoms with Gasteiger partial charge in [-0.15, -0.1) is 10.2 Å². The summed E-state index contributed by atoms with van der Waals surface area (Å²) in [6, 6.07) is 16.0. The Hall–Kier alpha value is -3.28. The number of benzene rings is 1. The van der Waals surface area contributed by atoms with E-state index in [9.17, 15) is 4.79 Å². The minimum absolute atomic E-state index is 0.0219. The molecule has 1 aliphatic heterocycles. The summed E-state index contributed by atoms with van der Waals surface area (Å²) in [7, 11) is 0. The monoisotopic (exact) mass is 401 g/mol. The number of nitrogens with one attached hydrogen (secondary N) is 1. The second-order valence-electron chi connectivity index (χ2n) is 8.05. The molecule has 1 aliphatic rings. The average Bonchev–Trinajstić information content (AvgIpc) is 2.80. The quantitative estimate of drug-likeness (QED) is 0.681. The molecule has 1 aromatic carbocycles. The fraction of sp³-hybridized carbons (Fsp3) is 0.333. The summed E-state index contributed by atoms with van der Waals surface area (Å²) in [6.45, 7) is 5.92. The van der Waals surface area contributed by atoms with Crippen molar-refractivity contribution >= 4 is 17.4 Å². The van der Waals surface area contributed by atoms with Crippen molar-refractivity contribution in [3.05, 3.63) is 66.5 Å². The number of carbonyl (C=O) groups excluding carboxylic acids is 1. The number of hydrogen-bond donors (Lipinski definition) is 1. The summed E-state index contributed by atoms with van der Waals surface area (Å²) in [5, 5.41) is 11.8. The molecule has 6 nitrogen and oxygen atoms in total. The lowest BCUT2D eigenvalue weighted by Crippen LogP contribution is -2.38. The van der Waals surface area contributed by atoms with Crippen LogP contribution in [0.25, 0.3) is 11.3 Å². The van der Waals surface area contributed by atoms with Crippen LogP contribution in [0.5, 0.6) is 0 Å². The van der Waals surface area contributed by atoms with Crippen molar-refractivity contribution in [2.75, 3.05) is 23.3 Å². The summed E-state index contributed by atoms with van der Waals surface area (Å²) in [6.07, 6.45) is 5.14. The Morgan fingerprint density at radius 2 is 1.80 bits per heavy atom. The van der Waals surface area contributed by atoms with Crippen molar-refractivity contribution in [3.63, 3.8) is 0 Å². The summed E-state index contributed by atoms with van der Waals surface area (Å²) in [5.41, 5.74) is 3.90. The Bertz CT molecular complexity index is 963. The van der Waals surface area contributed by atoms with Crippen molar-refractivity contribution in [1.29, 1.82) is 0 Å². The highest BCUT2D eigenvalue weighted by Crippen LogP contribution is 2.25. The van der Waals surface area contributed by atoms with Gasteiger partial charge in [-0.3, -0.25) is 9.78 Å². The average molecular weight is 402 g/mol. The van der Waals surface area contributed by atoms with Crippen LogP contribution in [-0.2, 0) is 4.79 Å². The lowest BCUT2D eigenvalue weighted by atomic mass is 9.95. The first-order valence-electron chi connectivity index (χ1n) is 10.5. The number of anilines is 2. The largest absolute Gasteiger partial charge is 0.355 e. The van der Waals surface area contributed by atoms with E-state index in [4.69, 9.17) is 0 Å². The van der Waals surface area contributed by atoms with E-state index in [1.165, 1.54) is 5.56 Å². The van der Waals surface area contributed by atoms with Crippen molar-refractivity contribution in [1.82, 2.24) is 15.2 Å². The number of pyridine rings is 1. The van der Waals surface area contributed by atoms with Gasteiger partial charge >= 0.3 is 0 Å². The van der Waals surface area contributed by atoms with Gasteiger partial charge in [0.25, 0.3) is 0 Å². The number of aromatic nitrogens is 3. The fourth-order valence-electron chi connectivity index (χ4n) is 3.73. The summed E-state index contributed by atoms with van der Waals surface area (Å²) >= 11 is 0. The van der Waals surface area contributed by atoms with Crippen molar-refractivity contribution in [2.45, 2.75) is 32.6 Å². The van der Waals surface area contributed by atoms with Gasteiger partial charge in [0, 0.05) is 42.7 Å². The summed E-state index contributed by atoms with van der Waals surface area (Å²) in [4.78, 5) is 19.0. The maximum absolute atomic E-state index is 12.7. The molecule has 1 saturated heterocycles. The van der Waals surface area contributed by atoms with E-state index in [0.717, 1.165) is 48.7 Å². The van der Waals surface area contributed by atoms with E-state index >= 15 is 0 Å². The zero-order chi connectivity index (χ0) is 20.9. The second-order valence-corrected chi connectivity index (χ2v) is 8.05. The highest BCUT2D eigenvalue weighted by atomic mass is 16.1. The van der Waals surface area contributed by atoms with Crippen molar-refractivity contribution in [2.24, 2.45) is 5.92 Å². The molecule has 0 saturated carbocycles. The molecule has 0 spiro atoms. The normalized spacial score (nSPS) is 14.7. The fourth-order valence-corrected chi connectivity index (χ4v) is 3.73. The molecule has 0 atom stereocenters. The lowest BCUT2D eigenvalue weighted by Gasteiger charge is -2.31. The van der Waals surface area contributed by atoms with Crippen LogP contribution in [0.4, 0.5) is 11.5 Å². The van der Waals surface area contributed by atoms with Crippen LogP contribution in [0.15, 0.2) is 60.9 Å². The molecule has 6 heteroatoms. The van der Waals surface area contributed by atoms with E-state index in [0.29, 0.717) is 5.92 Å². The van der Waals surface area contributed by atoms with Crippen LogP contribution in [0, 0.1) is 5.92 Å². The van der Waals surface area contributed by atoms with E-state index in [-0.39, 0.29) is 11.8 Å². The first-order chi connectivity index (χ1) is 14.6. The Kier molecular flexibility index (Phi) is 6.02. The molecule has 0 bridgehead atoms. The van der Waals surface area contributed by atoms with Crippen LogP contribution >= 0.6 is 0 Å². The van der Waals surface area contributed by atoms with Gasteiger partial charge in [0.1, 0.15) is 0 Å². The Morgan fingerprint density at radius 3 is 2.40 bits per heavy atom. The van der Waals surface area contributed by atoms with Gasteiger partial charge in [0.15, 0.2) is 5.82 Å². The number of hydrogen-bond acceptors (Lipinski definition) is 5. The third-order valence-corrected chi connectivity index (χ3v) is 5.64. The minimum Gasteiger partial charge on any atom is -0.355 e. The van der Waals surface area contributed by atoms with Crippen LogP contribution in [0.2, 0.25) is 0 Å². The number of nitrogens with zero attached hydrogens (tertiary/aromatic N) is 4. The predicted octanol–water partition coefficient (Wildman–Crippen LogP) is 4.52. The third kappa shape index (κ3) is 4.64. The zero-order valence-corrected chi connectivity index (χ0v) is 17.5. The number of piperidine rings is 1. The van der Waals surface area contributed by atoms with Crippen molar-refractivity contribution in [3.8, 4) is 11.3 Å². The van der Waals surface area contributed by atoms with Crippen LogP contribution < -0.4 is 10.2 Å². The molecule has 0 radical (unpaired) electrons. The predicted molar refractivity (Wildman–Crippen MR) is 119 cm³/mol. The summed E-state index contributed by atoms with van der Waals surface area (Å²) < 4.78 is 0.